The van der Waals surface area contributed by atoms with E-state index >= 15 is 0 Å². The van der Waals surface area contributed by atoms with E-state index < -0.39 is 29.7 Å². The number of aryl methyl sites for hydroxylation is 1. The van der Waals surface area contributed by atoms with Gasteiger partial charge >= 0.3 is 0 Å². The minimum atomic E-state index is -0.995. The average Bonchev–Trinajstić information content (AvgIpc) is 3.45. The number of ether oxygens (including phenoxy) is 2. The number of pyridine rings is 1. The molecule has 4 aromatic rings. The van der Waals surface area contributed by atoms with Gasteiger partial charge in [0.15, 0.2) is 17.4 Å². The summed E-state index contributed by atoms with van der Waals surface area (Å²) in [6, 6.07) is 11.3. The minimum Gasteiger partial charge on any atom is -0.480 e. The lowest BCUT2D eigenvalue weighted by molar-refractivity contribution is -0.136. The van der Waals surface area contributed by atoms with Gasteiger partial charge in [0.2, 0.25) is 17.8 Å². The Morgan fingerprint density at radius 3 is 2.30 bits per heavy atom. The van der Waals surface area contributed by atoms with E-state index in [0.29, 0.717) is 41.1 Å². The Morgan fingerprint density at radius 2 is 1.60 bits per heavy atom. The lowest BCUT2D eigenvalue weighted by Gasteiger charge is -2.38. The first kappa shape index (κ1) is 38.0. The number of anilines is 4. The zero-order valence-electron chi connectivity index (χ0n) is 31.5. The van der Waals surface area contributed by atoms with Crippen molar-refractivity contribution in [2.24, 2.45) is 7.05 Å². The molecule has 0 aliphatic carbocycles. The number of piperidine rings is 3. The van der Waals surface area contributed by atoms with E-state index in [1.807, 2.05) is 24.3 Å². The van der Waals surface area contributed by atoms with Crippen molar-refractivity contribution in [1.29, 1.82) is 0 Å². The predicted octanol–water partition coefficient (Wildman–Crippen LogP) is 3.75. The van der Waals surface area contributed by atoms with Crippen LogP contribution in [-0.2, 0) is 26.2 Å². The van der Waals surface area contributed by atoms with Crippen molar-refractivity contribution >= 4 is 75.1 Å². The molecule has 1 atom stereocenters. The molecule has 0 bridgehead atoms. The van der Waals surface area contributed by atoms with E-state index in [1.54, 1.807) is 31.4 Å². The summed E-state index contributed by atoms with van der Waals surface area (Å²) >= 11 is 6.53. The van der Waals surface area contributed by atoms with Gasteiger partial charge in [0.1, 0.15) is 17.7 Å². The second-order valence-corrected chi connectivity index (χ2v) is 15.2. The van der Waals surface area contributed by atoms with Crippen molar-refractivity contribution < 1.29 is 33.4 Å². The SMILES string of the molecule is CC(=O)COc1cc2cc(Nc3nc(N4CCC(OC5CCN(c6ccc7c(c6)C(=O)N(C6CCC(=O)NC6=O)C7=O)CC5)CC4)ncc3Cl)ccc2n(C)c1=O. The maximum Gasteiger partial charge on any atom is 0.293 e. The number of halogens is 1. The highest BCUT2D eigenvalue weighted by atomic mass is 35.5. The Labute approximate surface area is 332 Å². The number of carbonyl (C=O) groups is 5. The van der Waals surface area contributed by atoms with Gasteiger partial charge in [-0.2, -0.15) is 4.98 Å². The number of carbonyl (C=O) groups excluding carboxylic acids is 5. The van der Waals surface area contributed by atoms with Gasteiger partial charge in [0, 0.05) is 56.4 Å². The second-order valence-electron chi connectivity index (χ2n) is 14.8. The molecule has 17 heteroatoms. The first-order valence-electron chi connectivity index (χ1n) is 19.0. The molecule has 2 N–H and O–H groups in total. The number of aromatic nitrogens is 3. The maximum absolute atomic E-state index is 13.3. The molecule has 4 aliphatic heterocycles. The first-order valence-corrected chi connectivity index (χ1v) is 19.4. The summed E-state index contributed by atoms with van der Waals surface area (Å²) in [6.07, 6.45) is 5.15. The molecular formula is C40H41ClN8O8. The number of imide groups is 2. The molecule has 0 radical (unpaired) electrons. The number of nitrogens with zero attached hydrogens (tertiary/aromatic N) is 6. The van der Waals surface area contributed by atoms with Gasteiger partial charge in [-0.15, -0.1) is 0 Å². The van der Waals surface area contributed by atoms with Gasteiger partial charge in [-0.25, -0.2) is 4.98 Å². The van der Waals surface area contributed by atoms with E-state index in [1.165, 1.54) is 11.5 Å². The monoisotopic (exact) mass is 796 g/mol. The van der Waals surface area contributed by atoms with Crippen LogP contribution in [0.3, 0.4) is 0 Å². The molecule has 6 heterocycles. The topological polar surface area (TPSA) is 185 Å². The Balaban J connectivity index is 0.843. The van der Waals surface area contributed by atoms with Crippen LogP contribution < -0.4 is 30.7 Å². The van der Waals surface area contributed by atoms with Crippen LogP contribution in [0, 0.1) is 0 Å². The number of ketones is 1. The molecule has 0 saturated carbocycles. The summed E-state index contributed by atoms with van der Waals surface area (Å²) < 4.78 is 13.5. The summed E-state index contributed by atoms with van der Waals surface area (Å²) in [5.74, 6) is -1.17. The number of hydrogen-bond donors (Lipinski definition) is 2. The molecule has 1 unspecified atom stereocenters. The molecule has 3 saturated heterocycles. The smallest absolute Gasteiger partial charge is 0.293 e. The van der Waals surface area contributed by atoms with Crippen LogP contribution in [0.15, 0.2) is 53.5 Å². The molecule has 0 spiro atoms. The third-order valence-corrected chi connectivity index (χ3v) is 11.2. The van der Waals surface area contributed by atoms with Crippen molar-refractivity contribution in [3.05, 3.63) is 75.2 Å². The molecule has 2 aromatic heterocycles. The maximum atomic E-state index is 13.3. The normalized spacial score (nSPS) is 19.3. The second kappa shape index (κ2) is 15.6. The van der Waals surface area contributed by atoms with Gasteiger partial charge in [0.25, 0.3) is 17.4 Å². The van der Waals surface area contributed by atoms with Crippen LogP contribution >= 0.6 is 11.6 Å². The van der Waals surface area contributed by atoms with Gasteiger partial charge in [-0.1, -0.05) is 11.6 Å². The summed E-state index contributed by atoms with van der Waals surface area (Å²) in [6.45, 7) is 4.06. The van der Waals surface area contributed by atoms with Crippen LogP contribution in [0.5, 0.6) is 5.75 Å². The summed E-state index contributed by atoms with van der Waals surface area (Å²) in [5, 5.41) is 6.59. The van der Waals surface area contributed by atoms with E-state index in [0.717, 1.165) is 54.7 Å². The van der Waals surface area contributed by atoms with E-state index in [4.69, 9.17) is 26.1 Å². The third kappa shape index (κ3) is 7.66. The number of rotatable bonds is 10. The molecule has 57 heavy (non-hydrogen) atoms. The van der Waals surface area contributed by atoms with Crippen molar-refractivity contribution in [3.63, 3.8) is 0 Å². The molecule has 4 amide bonds. The van der Waals surface area contributed by atoms with Crippen LogP contribution in [0.1, 0.15) is 66.2 Å². The van der Waals surface area contributed by atoms with Crippen molar-refractivity contribution in [2.75, 3.05) is 47.9 Å². The predicted molar refractivity (Wildman–Crippen MR) is 210 cm³/mol. The molecule has 2 aromatic carbocycles. The zero-order chi connectivity index (χ0) is 40.0. The van der Waals surface area contributed by atoms with E-state index in [2.05, 4.69) is 25.4 Å². The van der Waals surface area contributed by atoms with Crippen LogP contribution in [-0.4, -0.2) is 99.9 Å². The summed E-state index contributed by atoms with van der Waals surface area (Å²) in [5.41, 5.74) is 2.43. The Hall–Kier alpha value is -5.87. The summed E-state index contributed by atoms with van der Waals surface area (Å²) in [7, 11) is 1.65. The Kier molecular flexibility index (Phi) is 10.4. The zero-order valence-corrected chi connectivity index (χ0v) is 32.2. The Morgan fingerprint density at radius 1 is 0.895 bits per heavy atom. The highest BCUT2D eigenvalue weighted by molar-refractivity contribution is 6.33. The van der Waals surface area contributed by atoms with Crippen molar-refractivity contribution in [1.82, 2.24) is 24.8 Å². The molecule has 16 nitrogen and oxygen atoms in total. The van der Waals surface area contributed by atoms with Crippen LogP contribution in [0.4, 0.5) is 23.1 Å². The summed E-state index contributed by atoms with van der Waals surface area (Å²) in [4.78, 5) is 89.2. The van der Waals surface area contributed by atoms with Gasteiger partial charge in [-0.3, -0.25) is 39.0 Å². The number of benzene rings is 2. The quantitative estimate of drug-likeness (QED) is 0.222. The van der Waals surface area contributed by atoms with Crippen LogP contribution in [0.25, 0.3) is 10.9 Å². The van der Waals surface area contributed by atoms with E-state index in [9.17, 15) is 28.8 Å². The highest BCUT2D eigenvalue weighted by Gasteiger charge is 2.45. The molecular weight excluding hydrogens is 756 g/mol. The number of fused-ring (bicyclic) bond motifs is 2. The largest absolute Gasteiger partial charge is 0.480 e. The Bertz CT molecular complexity index is 2370. The van der Waals surface area contributed by atoms with Crippen LogP contribution in [0.2, 0.25) is 5.02 Å². The number of nitrogens with one attached hydrogen (secondary N) is 2. The fourth-order valence-corrected chi connectivity index (χ4v) is 8.06. The first-order chi connectivity index (χ1) is 27.4. The number of Topliss-reactive ketones (excluding diaryl/α,β-unsaturated/α-hetero) is 1. The lowest BCUT2D eigenvalue weighted by Crippen LogP contribution is -2.54. The van der Waals surface area contributed by atoms with E-state index in [-0.39, 0.29) is 59.9 Å². The highest BCUT2D eigenvalue weighted by Crippen LogP contribution is 2.33. The molecule has 3 fully saturated rings. The van der Waals surface area contributed by atoms with Gasteiger partial charge in [0.05, 0.1) is 35.0 Å². The van der Waals surface area contributed by atoms with Crippen molar-refractivity contribution in [2.45, 2.75) is 63.7 Å². The fraction of sp³-hybridized carbons (Fsp3) is 0.400. The lowest BCUT2D eigenvalue weighted by atomic mass is 10.0. The number of hydrogen-bond acceptors (Lipinski definition) is 13. The van der Waals surface area contributed by atoms with Gasteiger partial charge in [-0.05, 0) is 81.5 Å². The minimum absolute atomic E-state index is 0.0747. The molecule has 4 aliphatic rings. The van der Waals surface area contributed by atoms with Gasteiger partial charge < -0.3 is 29.2 Å². The number of amides is 4. The average molecular weight is 797 g/mol. The third-order valence-electron chi connectivity index (χ3n) is 11.0. The fourth-order valence-electron chi connectivity index (χ4n) is 7.92. The standard InChI is InChI=1S/C40H41ClN8O8/c1-22(50)21-56-33-18-23-17-24(3-6-31(23)46(2)39(33)55)43-35-30(41)20-42-40(45-35)48-15-11-27(12-16-48)57-26-9-13-47(14-10-26)25-4-5-28-29(19-25)38(54)49(37(28)53)32-7-8-34(51)44-36(32)52/h3-6,17-20,26-27,32H,7-16,21H2,1-2H3,(H,42,43,45)(H,44,51,52). The molecule has 296 valence electrons. The van der Waals surface area contributed by atoms with Crippen molar-refractivity contribution in [3.8, 4) is 5.75 Å². The molecule has 8 rings (SSSR count).